The summed E-state index contributed by atoms with van der Waals surface area (Å²) in [5.41, 5.74) is 0. The van der Waals surface area contributed by atoms with Crippen LogP contribution in [0.25, 0.3) is 0 Å². The molecule has 0 spiro atoms. The molecule has 1 aromatic heterocycles. The van der Waals surface area contributed by atoms with Crippen molar-refractivity contribution in [3.63, 3.8) is 0 Å². The topological polar surface area (TPSA) is 30.0 Å². The molecule has 0 atom stereocenters. The third-order valence-electron chi connectivity index (χ3n) is 1.62. The molecule has 0 N–H and O–H groups in total. The molecule has 0 saturated heterocycles. The van der Waals surface area contributed by atoms with Gasteiger partial charge in [0.25, 0.3) is 0 Å². The molecule has 0 fully saturated rings. The molecule has 0 radical (unpaired) electrons. The maximum atomic E-state index is 11.4. The van der Waals surface area contributed by atoms with Gasteiger partial charge in [0, 0.05) is 18.0 Å². The quantitative estimate of drug-likeness (QED) is 0.672. The van der Waals surface area contributed by atoms with Crippen LogP contribution >= 0.6 is 11.3 Å². The number of rotatable bonds is 4. The minimum atomic E-state index is 0.179. The van der Waals surface area contributed by atoms with Gasteiger partial charge in [-0.3, -0.25) is 4.79 Å². The number of carbonyl (C=O) groups excluding carboxylic acids is 1. The Morgan fingerprint density at radius 1 is 1.67 bits per heavy atom. The lowest BCUT2D eigenvalue weighted by Gasteiger charge is -2.00. The number of hydrogen-bond donors (Lipinski definition) is 0. The average Bonchev–Trinajstić information content (AvgIpc) is 2.51. The van der Waals surface area contributed by atoms with E-state index in [-0.39, 0.29) is 5.78 Å². The SMILES string of the molecule is CC(C)CCC(=O)c1nccs1. The molecule has 66 valence electrons. The third kappa shape index (κ3) is 2.74. The summed E-state index contributed by atoms with van der Waals surface area (Å²) in [5.74, 6) is 0.771. The molecule has 2 nitrogen and oxygen atoms in total. The summed E-state index contributed by atoms with van der Waals surface area (Å²) < 4.78 is 0. The van der Waals surface area contributed by atoms with Gasteiger partial charge in [-0.15, -0.1) is 11.3 Å². The van der Waals surface area contributed by atoms with E-state index in [0.29, 0.717) is 17.3 Å². The van der Waals surface area contributed by atoms with Crippen LogP contribution in [0.15, 0.2) is 11.6 Å². The molecule has 1 heterocycles. The van der Waals surface area contributed by atoms with Gasteiger partial charge in [0.05, 0.1) is 0 Å². The van der Waals surface area contributed by atoms with E-state index in [9.17, 15) is 4.79 Å². The van der Waals surface area contributed by atoms with Crippen LogP contribution in [0.2, 0.25) is 0 Å². The smallest absolute Gasteiger partial charge is 0.191 e. The van der Waals surface area contributed by atoms with Crippen molar-refractivity contribution in [1.82, 2.24) is 4.98 Å². The van der Waals surface area contributed by atoms with Crippen molar-refractivity contribution < 1.29 is 4.79 Å². The van der Waals surface area contributed by atoms with E-state index in [4.69, 9.17) is 0 Å². The predicted molar refractivity (Wildman–Crippen MR) is 50.5 cm³/mol. The Balaban J connectivity index is 2.40. The Hall–Kier alpha value is -0.700. The fraction of sp³-hybridized carbons (Fsp3) is 0.556. The summed E-state index contributed by atoms with van der Waals surface area (Å²) in [6.45, 7) is 4.24. The van der Waals surface area contributed by atoms with Crippen LogP contribution in [-0.2, 0) is 0 Å². The zero-order chi connectivity index (χ0) is 8.97. The van der Waals surface area contributed by atoms with E-state index >= 15 is 0 Å². The van der Waals surface area contributed by atoms with Gasteiger partial charge < -0.3 is 0 Å². The van der Waals surface area contributed by atoms with Gasteiger partial charge in [-0.1, -0.05) is 13.8 Å². The Morgan fingerprint density at radius 3 is 2.92 bits per heavy atom. The lowest BCUT2D eigenvalue weighted by molar-refractivity contribution is 0.0975. The van der Waals surface area contributed by atoms with Crippen molar-refractivity contribution >= 4 is 17.1 Å². The minimum Gasteiger partial charge on any atom is -0.292 e. The minimum absolute atomic E-state index is 0.179. The molecule has 0 aliphatic rings. The molecule has 0 bridgehead atoms. The fourth-order valence-electron chi connectivity index (χ4n) is 0.888. The van der Waals surface area contributed by atoms with Crippen molar-refractivity contribution in [1.29, 1.82) is 0 Å². The normalized spacial score (nSPS) is 10.6. The Kier molecular flexibility index (Phi) is 3.41. The molecule has 1 rings (SSSR count). The van der Waals surface area contributed by atoms with Gasteiger partial charge in [-0.2, -0.15) is 0 Å². The number of thiazole rings is 1. The first-order valence-corrected chi connectivity index (χ1v) is 5.01. The summed E-state index contributed by atoms with van der Waals surface area (Å²) in [6, 6.07) is 0. The monoisotopic (exact) mass is 183 g/mol. The maximum Gasteiger partial charge on any atom is 0.191 e. The molecule has 0 saturated carbocycles. The molecular weight excluding hydrogens is 170 g/mol. The number of carbonyl (C=O) groups is 1. The van der Waals surface area contributed by atoms with Crippen molar-refractivity contribution in [2.75, 3.05) is 0 Å². The second kappa shape index (κ2) is 4.36. The van der Waals surface area contributed by atoms with Crippen LogP contribution < -0.4 is 0 Å². The van der Waals surface area contributed by atoms with Gasteiger partial charge in [0.2, 0.25) is 0 Å². The van der Waals surface area contributed by atoms with Crippen molar-refractivity contribution in [2.45, 2.75) is 26.7 Å². The predicted octanol–water partition coefficient (Wildman–Crippen LogP) is 2.76. The molecule has 0 aromatic carbocycles. The molecule has 0 aliphatic carbocycles. The van der Waals surface area contributed by atoms with E-state index in [1.807, 2.05) is 5.38 Å². The van der Waals surface area contributed by atoms with Crippen LogP contribution in [0.5, 0.6) is 0 Å². The number of nitrogens with zero attached hydrogens (tertiary/aromatic N) is 1. The summed E-state index contributed by atoms with van der Waals surface area (Å²) in [5, 5.41) is 2.48. The van der Waals surface area contributed by atoms with Crippen molar-refractivity contribution in [3.05, 3.63) is 16.6 Å². The van der Waals surface area contributed by atoms with E-state index in [1.54, 1.807) is 6.20 Å². The first-order valence-electron chi connectivity index (χ1n) is 4.13. The molecule has 1 aromatic rings. The zero-order valence-electron chi connectivity index (χ0n) is 7.41. The van der Waals surface area contributed by atoms with Crippen LogP contribution in [-0.4, -0.2) is 10.8 Å². The maximum absolute atomic E-state index is 11.4. The highest BCUT2D eigenvalue weighted by atomic mass is 32.1. The van der Waals surface area contributed by atoms with Crippen LogP contribution in [0, 0.1) is 5.92 Å². The molecular formula is C9H13NOS. The Bertz CT molecular complexity index is 241. The van der Waals surface area contributed by atoms with E-state index < -0.39 is 0 Å². The zero-order valence-corrected chi connectivity index (χ0v) is 8.23. The van der Waals surface area contributed by atoms with Gasteiger partial charge in [0.1, 0.15) is 0 Å². The van der Waals surface area contributed by atoms with Crippen LogP contribution in [0.4, 0.5) is 0 Å². The van der Waals surface area contributed by atoms with Crippen LogP contribution in [0.1, 0.15) is 36.5 Å². The number of hydrogen-bond acceptors (Lipinski definition) is 3. The molecule has 12 heavy (non-hydrogen) atoms. The molecule has 0 aliphatic heterocycles. The van der Waals surface area contributed by atoms with Crippen molar-refractivity contribution in [3.8, 4) is 0 Å². The number of Topliss-reactive ketones (excluding diaryl/α,β-unsaturated/α-hetero) is 1. The van der Waals surface area contributed by atoms with Gasteiger partial charge in [-0.05, 0) is 12.3 Å². The molecule has 0 amide bonds. The largest absolute Gasteiger partial charge is 0.292 e. The van der Waals surface area contributed by atoms with E-state index in [2.05, 4.69) is 18.8 Å². The summed E-state index contributed by atoms with van der Waals surface area (Å²) >= 11 is 1.42. The highest BCUT2D eigenvalue weighted by molar-refractivity contribution is 7.11. The average molecular weight is 183 g/mol. The van der Waals surface area contributed by atoms with Crippen LogP contribution in [0.3, 0.4) is 0 Å². The summed E-state index contributed by atoms with van der Waals surface area (Å²) in [4.78, 5) is 15.3. The van der Waals surface area contributed by atoms with Crippen molar-refractivity contribution in [2.24, 2.45) is 5.92 Å². The lowest BCUT2D eigenvalue weighted by Crippen LogP contribution is -2.00. The second-order valence-corrected chi connectivity index (χ2v) is 4.09. The first-order chi connectivity index (χ1) is 5.70. The highest BCUT2D eigenvalue weighted by Gasteiger charge is 2.08. The summed E-state index contributed by atoms with van der Waals surface area (Å²) in [6.07, 6.45) is 3.26. The van der Waals surface area contributed by atoms with E-state index in [1.165, 1.54) is 11.3 Å². The first kappa shape index (κ1) is 9.39. The number of ketones is 1. The fourth-order valence-corrected chi connectivity index (χ4v) is 1.49. The molecule has 3 heteroatoms. The standard InChI is InChI=1S/C9H13NOS/c1-7(2)3-4-8(11)9-10-5-6-12-9/h5-7H,3-4H2,1-2H3. The Labute approximate surface area is 76.6 Å². The molecule has 0 unspecified atom stereocenters. The van der Waals surface area contributed by atoms with Gasteiger partial charge in [0.15, 0.2) is 10.8 Å². The highest BCUT2D eigenvalue weighted by Crippen LogP contribution is 2.11. The third-order valence-corrected chi connectivity index (χ3v) is 2.43. The van der Waals surface area contributed by atoms with Gasteiger partial charge >= 0.3 is 0 Å². The van der Waals surface area contributed by atoms with E-state index in [0.717, 1.165) is 6.42 Å². The second-order valence-electron chi connectivity index (χ2n) is 3.19. The summed E-state index contributed by atoms with van der Waals surface area (Å²) in [7, 11) is 0. The van der Waals surface area contributed by atoms with Gasteiger partial charge in [-0.25, -0.2) is 4.98 Å². The lowest BCUT2D eigenvalue weighted by atomic mass is 10.1. The Morgan fingerprint density at radius 2 is 2.42 bits per heavy atom. The number of aromatic nitrogens is 1.